The van der Waals surface area contributed by atoms with Gasteiger partial charge in [0.2, 0.25) is 5.91 Å². The van der Waals surface area contributed by atoms with Crippen molar-refractivity contribution in [3.05, 3.63) is 59.2 Å². The molecule has 2 aromatic carbocycles. The minimum atomic E-state index is 0.0267. The van der Waals surface area contributed by atoms with Crippen LogP contribution in [0.4, 0.5) is 5.69 Å². The van der Waals surface area contributed by atoms with E-state index in [1.165, 1.54) is 11.1 Å². The summed E-state index contributed by atoms with van der Waals surface area (Å²) in [7, 11) is 0. The minimum absolute atomic E-state index is 0.0267. The first-order valence-electron chi connectivity index (χ1n) is 8.17. The van der Waals surface area contributed by atoms with E-state index in [4.69, 9.17) is 4.74 Å². The molecule has 0 aliphatic heterocycles. The van der Waals surface area contributed by atoms with E-state index in [0.717, 1.165) is 23.4 Å². The van der Waals surface area contributed by atoms with Crippen LogP contribution in [0.1, 0.15) is 36.5 Å². The van der Waals surface area contributed by atoms with Gasteiger partial charge in [-0.1, -0.05) is 31.2 Å². The Bertz CT molecular complexity index is 647. The largest absolute Gasteiger partial charge is 0.493 e. The highest BCUT2D eigenvalue weighted by Gasteiger charge is 2.04. The van der Waals surface area contributed by atoms with Crippen LogP contribution in [0.15, 0.2) is 42.5 Å². The molecule has 0 aromatic heterocycles. The van der Waals surface area contributed by atoms with Gasteiger partial charge in [-0.3, -0.25) is 4.79 Å². The van der Waals surface area contributed by atoms with Gasteiger partial charge in [-0.25, -0.2) is 0 Å². The lowest BCUT2D eigenvalue weighted by atomic mass is 10.1. The number of anilines is 1. The summed E-state index contributed by atoms with van der Waals surface area (Å²) in [6.45, 7) is 6.74. The van der Waals surface area contributed by atoms with Crippen LogP contribution in [0.3, 0.4) is 0 Å². The highest BCUT2D eigenvalue weighted by Crippen LogP contribution is 2.19. The number of hydrogen-bond acceptors (Lipinski definition) is 2. The second-order valence-electron chi connectivity index (χ2n) is 5.82. The number of benzene rings is 2. The van der Waals surface area contributed by atoms with E-state index in [-0.39, 0.29) is 5.91 Å². The number of nitrogens with one attached hydrogen (secondary N) is 1. The van der Waals surface area contributed by atoms with Crippen LogP contribution >= 0.6 is 0 Å². The maximum Gasteiger partial charge on any atom is 0.224 e. The van der Waals surface area contributed by atoms with Crippen molar-refractivity contribution in [3.63, 3.8) is 0 Å². The van der Waals surface area contributed by atoms with E-state index >= 15 is 0 Å². The number of aryl methyl sites for hydroxylation is 3. The van der Waals surface area contributed by atoms with Gasteiger partial charge in [0.25, 0.3) is 0 Å². The second-order valence-corrected chi connectivity index (χ2v) is 5.82. The molecule has 1 amide bonds. The van der Waals surface area contributed by atoms with Gasteiger partial charge in [-0.05, 0) is 61.6 Å². The molecule has 2 rings (SSSR count). The molecule has 0 unspecified atom stereocenters. The fourth-order valence-corrected chi connectivity index (χ4v) is 2.32. The number of ether oxygens (including phenoxy) is 1. The first-order chi connectivity index (χ1) is 11.1. The first kappa shape index (κ1) is 17.1. The zero-order valence-corrected chi connectivity index (χ0v) is 14.2. The molecule has 0 bridgehead atoms. The van der Waals surface area contributed by atoms with Gasteiger partial charge < -0.3 is 10.1 Å². The summed E-state index contributed by atoms with van der Waals surface area (Å²) >= 11 is 0. The van der Waals surface area contributed by atoms with E-state index in [1.54, 1.807) is 0 Å². The molecule has 23 heavy (non-hydrogen) atoms. The molecule has 2 aromatic rings. The summed E-state index contributed by atoms with van der Waals surface area (Å²) in [4.78, 5) is 11.9. The molecule has 0 aliphatic carbocycles. The fraction of sp³-hybridized carbons (Fsp3) is 0.350. The van der Waals surface area contributed by atoms with Gasteiger partial charge in [0, 0.05) is 12.1 Å². The maximum absolute atomic E-state index is 11.9. The third-order valence-electron chi connectivity index (χ3n) is 3.80. The van der Waals surface area contributed by atoms with E-state index in [1.807, 2.05) is 44.2 Å². The summed E-state index contributed by atoms with van der Waals surface area (Å²) in [5.74, 6) is 0.930. The van der Waals surface area contributed by atoms with E-state index < -0.39 is 0 Å². The van der Waals surface area contributed by atoms with Crippen LogP contribution < -0.4 is 10.1 Å². The van der Waals surface area contributed by atoms with Gasteiger partial charge in [0.05, 0.1) is 6.61 Å². The molecular weight excluding hydrogens is 286 g/mol. The van der Waals surface area contributed by atoms with Gasteiger partial charge in [-0.2, -0.15) is 0 Å². The Morgan fingerprint density at radius 2 is 1.83 bits per heavy atom. The van der Waals surface area contributed by atoms with Crippen LogP contribution in [0, 0.1) is 13.8 Å². The molecule has 3 heteroatoms. The van der Waals surface area contributed by atoms with Gasteiger partial charge in [0.15, 0.2) is 0 Å². The fourth-order valence-electron chi connectivity index (χ4n) is 2.32. The average Bonchev–Trinajstić information content (AvgIpc) is 2.55. The predicted octanol–water partition coefficient (Wildman–Crippen LogP) is 4.66. The van der Waals surface area contributed by atoms with E-state index in [0.29, 0.717) is 19.4 Å². The Labute approximate surface area is 138 Å². The summed E-state index contributed by atoms with van der Waals surface area (Å²) in [6, 6.07) is 14.1. The third-order valence-corrected chi connectivity index (χ3v) is 3.80. The Morgan fingerprint density at radius 3 is 2.52 bits per heavy atom. The second kappa shape index (κ2) is 8.37. The molecule has 0 heterocycles. The first-order valence-corrected chi connectivity index (χ1v) is 8.17. The van der Waals surface area contributed by atoms with Crippen molar-refractivity contribution in [2.75, 3.05) is 11.9 Å². The summed E-state index contributed by atoms with van der Waals surface area (Å²) in [6.07, 6.45) is 2.16. The normalized spacial score (nSPS) is 10.4. The lowest BCUT2D eigenvalue weighted by Gasteiger charge is -2.10. The standard InChI is InChI=1S/C20H25NO2/c1-4-17-9-11-18(12-10-17)21-20(22)6-5-13-23-19-14-15(2)7-8-16(19)3/h7-12,14H,4-6,13H2,1-3H3,(H,21,22). The quantitative estimate of drug-likeness (QED) is 0.755. The average molecular weight is 311 g/mol. The number of carbonyl (C=O) groups excluding carboxylic acids is 1. The Balaban J connectivity index is 1.73. The maximum atomic E-state index is 11.9. The Kier molecular flexibility index (Phi) is 6.21. The minimum Gasteiger partial charge on any atom is -0.493 e. The van der Waals surface area contributed by atoms with Crippen LogP contribution in [-0.4, -0.2) is 12.5 Å². The van der Waals surface area contributed by atoms with Crippen molar-refractivity contribution >= 4 is 11.6 Å². The van der Waals surface area contributed by atoms with Crippen molar-refractivity contribution in [2.24, 2.45) is 0 Å². The molecule has 0 spiro atoms. The van der Waals surface area contributed by atoms with Crippen LogP contribution in [0.25, 0.3) is 0 Å². The van der Waals surface area contributed by atoms with Crippen LogP contribution in [0.2, 0.25) is 0 Å². The Hall–Kier alpha value is -2.29. The molecule has 0 aliphatic rings. The number of carbonyl (C=O) groups is 1. The molecule has 0 atom stereocenters. The molecule has 0 saturated carbocycles. The van der Waals surface area contributed by atoms with E-state index in [9.17, 15) is 4.79 Å². The van der Waals surface area contributed by atoms with Crippen molar-refractivity contribution in [3.8, 4) is 5.75 Å². The van der Waals surface area contributed by atoms with Gasteiger partial charge in [0.1, 0.15) is 5.75 Å². The van der Waals surface area contributed by atoms with E-state index in [2.05, 4.69) is 24.4 Å². The molecular formula is C20H25NO2. The van der Waals surface area contributed by atoms with Crippen molar-refractivity contribution in [2.45, 2.75) is 40.0 Å². The van der Waals surface area contributed by atoms with Crippen molar-refractivity contribution < 1.29 is 9.53 Å². The highest BCUT2D eigenvalue weighted by atomic mass is 16.5. The molecule has 0 radical (unpaired) electrons. The van der Waals surface area contributed by atoms with Crippen LogP contribution in [0.5, 0.6) is 5.75 Å². The number of rotatable bonds is 7. The lowest BCUT2D eigenvalue weighted by Crippen LogP contribution is -2.13. The zero-order valence-electron chi connectivity index (χ0n) is 14.2. The van der Waals surface area contributed by atoms with Crippen molar-refractivity contribution in [1.82, 2.24) is 0 Å². The summed E-state index contributed by atoms with van der Waals surface area (Å²) in [5, 5.41) is 2.92. The monoisotopic (exact) mass is 311 g/mol. The smallest absolute Gasteiger partial charge is 0.224 e. The SMILES string of the molecule is CCc1ccc(NC(=O)CCCOc2cc(C)ccc2C)cc1. The predicted molar refractivity (Wildman–Crippen MR) is 95.1 cm³/mol. The van der Waals surface area contributed by atoms with Crippen molar-refractivity contribution in [1.29, 1.82) is 0 Å². The molecule has 0 saturated heterocycles. The Morgan fingerprint density at radius 1 is 1.09 bits per heavy atom. The molecule has 122 valence electrons. The molecule has 0 fully saturated rings. The van der Waals surface area contributed by atoms with Gasteiger partial charge in [-0.15, -0.1) is 0 Å². The summed E-state index contributed by atoms with van der Waals surface area (Å²) < 4.78 is 5.77. The third kappa shape index (κ3) is 5.44. The molecule has 3 nitrogen and oxygen atoms in total. The number of amides is 1. The van der Waals surface area contributed by atoms with Gasteiger partial charge >= 0.3 is 0 Å². The number of hydrogen-bond donors (Lipinski definition) is 1. The van der Waals surface area contributed by atoms with Crippen LogP contribution in [-0.2, 0) is 11.2 Å². The highest BCUT2D eigenvalue weighted by molar-refractivity contribution is 5.90. The topological polar surface area (TPSA) is 38.3 Å². The summed E-state index contributed by atoms with van der Waals surface area (Å²) in [5.41, 5.74) is 4.42. The lowest BCUT2D eigenvalue weighted by molar-refractivity contribution is -0.116. The molecule has 1 N–H and O–H groups in total. The zero-order chi connectivity index (χ0) is 16.7.